The quantitative estimate of drug-likeness (QED) is 0.140. The van der Waals surface area contributed by atoms with Crippen molar-refractivity contribution in [3.8, 4) is 11.3 Å². The Balaban J connectivity index is 1.14. The smallest absolute Gasteiger partial charge is 0.324 e. The number of aryl methyl sites for hydroxylation is 1. The molecule has 3 aliphatic rings. The number of aromatic nitrogens is 2. The van der Waals surface area contributed by atoms with E-state index in [2.05, 4.69) is 71.8 Å². The van der Waals surface area contributed by atoms with Gasteiger partial charge in [0.2, 0.25) is 17.7 Å². The summed E-state index contributed by atoms with van der Waals surface area (Å²) in [5.74, 6) is -2.47. The molecule has 2 N–H and O–H groups in total. The summed E-state index contributed by atoms with van der Waals surface area (Å²) in [6, 6.07) is 8.18. The number of anilines is 1. The molecule has 3 saturated heterocycles. The first kappa shape index (κ1) is 49.1. The Morgan fingerprint density at radius 3 is 2.48 bits per heavy atom. The van der Waals surface area contributed by atoms with Crippen molar-refractivity contribution in [2.45, 2.75) is 105 Å². The molecule has 16 nitrogen and oxygen atoms in total. The second-order valence-corrected chi connectivity index (χ2v) is 18.8. The first-order chi connectivity index (χ1) is 31.0. The molecule has 0 aliphatic carbocycles. The topological polar surface area (TPSA) is 168 Å². The Hall–Kier alpha value is -5.32. The monoisotopic (exact) mass is 899 g/mol. The van der Waals surface area contributed by atoms with Crippen molar-refractivity contribution in [2.24, 2.45) is 17.3 Å². The van der Waals surface area contributed by atoms with E-state index in [0.717, 1.165) is 58.7 Å². The summed E-state index contributed by atoms with van der Waals surface area (Å²) in [6.45, 7) is 22.1. The second kappa shape index (κ2) is 21.3. The van der Waals surface area contributed by atoms with Gasteiger partial charge in [-0.1, -0.05) is 34.3 Å². The highest BCUT2D eigenvalue weighted by Crippen LogP contribution is 2.42. The molecule has 3 fully saturated rings. The van der Waals surface area contributed by atoms with Crippen LogP contribution in [0, 0.1) is 17.3 Å². The molecule has 3 aliphatic heterocycles. The molecule has 5 atom stereocenters. The molecule has 0 spiro atoms. The van der Waals surface area contributed by atoms with Crippen LogP contribution in [0.2, 0.25) is 0 Å². The zero-order valence-electron chi connectivity index (χ0n) is 39.9. The van der Waals surface area contributed by atoms with Crippen LogP contribution in [0.15, 0.2) is 49.2 Å². The molecule has 6 rings (SSSR count). The van der Waals surface area contributed by atoms with Gasteiger partial charge in [0.1, 0.15) is 18.1 Å². The SMILES string of the molecule is C=CC(=O)N1CC[C@H](C(=O)N(C)[C@H](C(=O)N[C@@H](C)C(=O)N2CCC[C@@H](C(=O)OCC(C)(C)Cc3c(-c4cccnc4[C@H](C)OC)n(CC)c4ccc(N5CCOCC5)cc34)N2)C(C)C)C1. The maximum Gasteiger partial charge on any atom is 0.324 e. The Kier molecular flexibility index (Phi) is 16.1. The standard InChI is InChI=1S/C49H70N8O8/c1-11-41(58)55-22-19-34(29-55)47(61)53(9)43(31(3)4)45(59)51-32(5)46(60)57-21-14-16-39(52-57)48(62)65-30-49(7,8)28-38-37-27-35(54-23-25-64-26-24-54)17-18-40(37)56(12-2)44(38)36-15-13-20-50-42(36)33(6)63-10/h11,13,15,17-18,20,27,31-34,39,43,52H,1,12,14,16,19,21-26,28-30H2,2-10H3,(H,51,59)/t32-,33-,34-,39-,43-/m0/s1. The number of ether oxygens (including phenoxy) is 3. The predicted octanol–water partition coefficient (Wildman–Crippen LogP) is 4.90. The van der Waals surface area contributed by atoms with Crippen LogP contribution in [0.25, 0.3) is 22.2 Å². The van der Waals surface area contributed by atoms with Crippen LogP contribution < -0.4 is 15.6 Å². The zero-order chi connectivity index (χ0) is 47.2. The third kappa shape index (κ3) is 11.0. The molecule has 4 amide bonds. The normalized spacial score (nSPS) is 19.5. The number of nitrogens with one attached hydrogen (secondary N) is 2. The molecule has 0 unspecified atom stereocenters. The van der Waals surface area contributed by atoms with E-state index in [4.69, 9.17) is 19.2 Å². The van der Waals surface area contributed by atoms with Gasteiger partial charge < -0.3 is 38.8 Å². The highest BCUT2D eigenvalue weighted by molar-refractivity contribution is 5.95. The lowest BCUT2D eigenvalue weighted by atomic mass is 9.84. The highest BCUT2D eigenvalue weighted by atomic mass is 16.5. The lowest BCUT2D eigenvalue weighted by Crippen LogP contribution is -2.61. The molecule has 65 heavy (non-hydrogen) atoms. The van der Waals surface area contributed by atoms with Crippen LogP contribution in [-0.2, 0) is 51.1 Å². The summed E-state index contributed by atoms with van der Waals surface area (Å²) in [7, 11) is 3.28. The van der Waals surface area contributed by atoms with Gasteiger partial charge in [0.15, 0.2) is 0 Å². The van der Waals surface area contributed by atoms with E-state index in [0.29, 0.717) is 52.0 Å². The van der Waals surface area contributed by atoms with Crippen LogP contribution in [0.1, 0.15) is 85.1 Å². The van der Waals surface area contributed by atoms with E-state index in [1.165, 1.54) is 16.0 Å². The summed E-state index contributed by atoms with van der Waals surface area (Å²) in [4.78, 5) is 77.2. The molecule has 0 saturated carbocycles. The number of benzene rings is 1. The number of hydrazine groups is 1. The predicted molar refractivity (Wildman–Crippen MR) is 249 cm³/mol. The number of likely N-dealkylation sites (N-methyl/N-ethyl adjacent to an activating group) is 1. The van der Waals surface area contributed by atoms with Gasteiger partial charge in [0.25, 0.3) is 5.91 Å². The molecule has 1 aromatic carbocycles. The maximum atomic E-state index is 13.8. The van der Waals surface area contributed by atoms with Crippen molar-refractivity contribution in [3.05, 3.63) is 60.4 Å². The number of nitrogens with zero attached hydrogens (tertiary/aromatic N) is 6. The fraction of sp³-hybridized carbons (Fsp3) is 0.592. The van der Waals surface area contributed by atoms with E-state index in [-0.39, 0.29) is 37.0 Å². The number of hydrogen-bond acceptors (Lipinski definition) is 11. The minimum absolute atomic E-state index is 0.131. The molecule has 5 heterocycles. The van der Waals surface area contributed by atoms with Crippen LogP contribution >= 0.6 is 0 Å². The van der Waals surface area contributed by atoms with Crippen LogP contribution in [0.3, 0.4) is 0 Å². The van der Waals surface area contributed by atoms with Crippen molar-refractivity contribution >= 4 is 46.2 Å². The zero-order valence-corrected chi connectivity index (χ0v) is 39.9. The fourth-order valence-electron chi connectivity index (χ4n) is 9.55. The Bertz CT molecular complexity index is 2220. The van der Waals surface area contributed by atoms with Crippen molar-refractivity contribution in [3.63, 3.8) is 0 Å². The average molecular weight is 899 g/mol. The van der Waals surface area contributed by atoms with Crippen LogP contribution in [0.5, 0.6) is 0 Å². The van der Waals surface area contributed by atoms with Gasteiger partial charge in [-0.15, -0.1) is 0 Å². The van der Waals surface area contributed by atoms with Gasteiger partial charge >= 0.3 is 5.97 Å². The molecule has 0 radical (unpaired) electrons. The Morgan fingerprint density at radius 1 is 1.06 bits per heavy atom. The van der Waals surface area contributed by atoms with Crippen molar-refractivity contribution in [2.75, 3.05) is 71.6 Å². The number of likely N-dealkylation sites (tertiary alicyclic amines) is 1. The van der Waals surface area contributed by atoms with Crippen LogP contribution in [-0.4, -0.2) is 139 Å². The molecular weight excluding hydrogens is 829 g/mol. The molecule has 0 bridgehead atoms. The van der Waals surface area contributed by atoms with Crippen molar-refractivity contribution < 1.29 is 38.2 Å². The molecule has 3 aromatic rings. The molecule has 2 aromatic heterocycles. The van der Waals surface area contributed by atoms with Gasteiger partial charge in [-0.05, 0) is 94.3 Å². The fourth-order valence-corrected chi connectivity index (χ4v) is 9.55. The average Bonchev–Trinajstić information content (AvgIpc) is 3.92. The Morgan fingerprint density at radius 2 is 1.80 bits per heavy atom. The number of amides is 4. The largest absolute Gasteiger partial charge is 0.464 e. The van der Waals surface area contributed by atoms with Crippen molar-refractivity contribution in [1.82, 2.24) is 35.1 Å². The summed E-state index contributed by atoms with van der Waals surface area (Å²) in [6.07, 6.45) is 4.91. The van der Waals surface area contributed by atoms with Gasteiger partial charge in [0.05, 0.1) is 43.2 Å². The number of rotatable bonds is 17. The number of carbonyl (C=O) groups is 5. The number of methoxy groups -OCH3 is 1. The first-order valence-electron chi connectivity index (χ1n) is 23.2. The number of esters is 1. The number of hydrogen-bond donors (Lipinski definition) is 2. The van der Waals surface area contributed by atoms with Gasteiger partial charge in [0, 0.05) is 87.2 Å². The highest BCUT2D eigenvalue weighted by Gasteiger charge is 2.39. The van der Waals surface area contributed by atoms with E-state index in [1.807, 2.05) is 26.8 Å². The lowest BCUT2D eigenvalue weighted by molar-refractivity contribution is -0.155. The van der Waals surface area contributed by atoms with Crippen molar-refractivity contribution in [1.29, 1.82) is 0 Å². The summed E-state index contributed by atoms with van der Waals surface area (Å²) in [5.41, 5.74) is 8.88. The molecular formula is C49H70N8O8. The van der Waals surface area contributed by atoms with Gasteiger partial charge in [-0.2, -0.15) is 0 Å². The summed E-state index contributed by atoms with van der Waals surface area (Å²) >= 11 is 0. The minimum Gasteiger partial charge on any atom is -0.464 e. The van der Waals surface area contributed by atoms with E-state index in [1.54, 1.807) is 32.2 Å². The lowest BCUT2D eigenvalue weighted by Gasteiger charge is -2.36. The van der Waals surface area contributed by atoms with E-state index >= 15 is 0 Å². The Labute approximate surface area is 383 Å². The first-order valence-corrected chi connectivity index (χ1v) is 23.2. The minimum atomic E-state index is -0.948. The molecule has 16 heteroatoms. The molecule has 354 valence electrons. The number of morpholine rings is 1. The van der Waals surface area contributed by atoms with E-state index in [9.17, 15) is 24.0 Å². The maximum absolute atomic E-state index is 13.8. The van der Waals surface area contributed by atoms with E-state index < -0.39 is 47.2 Å². The van der Waals surface area contributed by atoms with Crippen LogP contribution in [0.4, 0.5) is 5.69 Å². The summed E-state index contributed by atoms with van der Waals surface area (Å²) in [5, 5.41) is 5.35. The number of fused-ring (bicyclic) bond motifs is 1. The number of pyridine rings is 1. The third-order valence-electron chi connectivity index (χ3n) is 13.1. The second-order valence-electron chi connectivity index (χ2n) is 18.8. The van der Waals surface area contributed by atoms with Gasteiger partial charge in [-0.25, -0.2) is 5.43 Å². The third-order valence-corrected chi connectivity index (χ3v) is 13.1. The summed E-state index contributed by atoms with van der Waals surface area (Å²) < 4.78 is 19.9. The van der Waals surface area contributed by atoms with Gasteiger partial charge in [-0.3, -0.25) is 34.0 Å². The number of carbonyl (C=O) groups excluding carboxylic acids is 5.